The van der Waals surface area contributed by atoms with Crippen molar-refractivity contribution in [3.05, 3.63) is 60.4 Å². The molecule has 0 spiro atoms. The van der Waals surface area contributed by atoms with Gasteiger partial charge in [-0.15, -0.1) is 0 Å². The number of aromatic nitrogens is 3. The number of anilines is 1. The van der Waals surface area contributed by atoms with Gasteiger partial charge in [-0.25, -0.2) is 14.8 Å². The Kier molecular flexibility index (Phi) is 6.16. The third-order valence-electron chi connectivity index (χ3n) is 5.08. The van der Waals surface area contributed by atoms with Gasteiger partial charge in [0.1, 0.15) is 17.1 Å². The summed E-state index contributed by atoms with van der Waals surface area (Å²) in [4.78, 5) is 20.1. The maximum Gasteiger partial charge on any atom is 0.404 e. The summed E-state index contributed by atoms with van der Waals surface area (Å²) >= 11 is 0. The number of aryl methyl sites for hydroxylation is 2. The standard InChI is InChI=1S/C23H25N5O3/c24-22-20-21(17-10-4-5-11-18(17)26-22)28(14-7-13-25-23(29)30)19(27-20)12-6-15-31-16-8-2-1-3-9-16/h1-5,8-11,25H,6-7,12-15H2,(H2,24,26)(H,29,30). The van der Waals surface area contributed by atoms with E-state index in [1.807, 2.05) is 54.6 Å². The number of hydrogen-bond acceptors (Lipinski definition) is 5. The third-order valence-corrected chi connectivity index (χ3v) is 5.08. The largest absolute Gasteiger partial charge is 0.494 e. The van der Waals surface area contributed by atoms with Crippen LogP contribution >= 0.6 is 0 Å². The Labute approximate surface area is 179 Å². The maximum atomic E-state index is 10.8. The minimum atomic E-state index is -1.02. The van der Waals surface area contributed by atoms with E-state index in [0.29, 0.717) is 43.9 Å². The second kappa shape index (κ2) is 9.34. The van der Waals surface area contributed by atoms with Crippen molar-refractivity contribution >= 4 is 33.8 Å². The average molecular weight is 419 g/mol. The summed E-state index contributed by atoms with van der Waals surface area (Å²) in [5, 5.41) is 12.2. The number of fused-ring (bicyclic) bond motifs is 3. The van der Waals surface area contributed by atoms with Crippen LogP contribution in [0.15, 0.2) is 54.6 Å². The number of nitrogens with two attached hydrogens (primary N) is 1. The molecule has 0 radical (unpaired) electrons. The number of hydrogen-bond donors (Lipinski definition) is 3. The zero-order valence-electron chi connectivity index (χ0n) is 17.1. The van der Waals surface area contributed by atoms with E-state index in [1.54, 1.807) is 0 Å². The Morgan fingerprint density at radius 3 is 2.65 bits per heavy atom. The fourth-order valence-electron chi connectivity index (χ4n) is 3.71. The van der Waals surface area contributed by atoms with Crippen LogP contribution in [0, 0.1) is 0 Å². The number of pyridine rings is 1. The molecule has 0 aliphatic carbocycles. The fraction of sp³-hybridized carbons (Fsp3) is 0.261. The molecule has 2 aromatic carbocycles. The van der Waals surface area contributed by atoms with Gasteiger partial charge in [0.2, 0.25) is 0 Å². The van der Waals surface area contributed by atoms with E-state index < -0.39 is 6.09 Å². The summed E-state index contributed by atoms with van der Waals surface area (Å²) in [6.45, 7) is 1.56. The molecule has 31 heavy (non-hydrogen) atoms. The van der Waals surface area contributed by atoms with Crippen LogP contribution in [0.1, 0.15) is 18.7 Å². The molecule has 4 aromatic rings. The predicted molar refractivity (Wildman–Crippen MR) is 120 cm³/mol. The molecule has 0 saturated heterocycles. The number of rotatable bonds is 9. The molecule has 0 atom stereocenters. The Morgan fingerprint density at radius 1 is 1.06 bits per heavy atom. The molecule has 4 N–H and O–H groups in total. The maximum absolute atomic E-state index is 10.8. The lowest BCUT2D eigenvalue weighted by molar-refractivity contribution is 0.194. The van der Waals surface area contributed by atoms with E-state index in [9.17, 15) is 4.79 Å². The first-order chi connectivity index (χ1) is 15.1. The van der Waals surface area contributed by atoms with E-state index in [1.165, 1.54) is 0 Å². The van der Waals surface area contributed by atoms with Crippen molar-refractivity contribution in [2.45, 2.75) is 25.8 Å². The van der Waals surface area contributed by atoms with Gasteiger partial charge in [-0.3, -0.25) is 0 Å². The topological polar surface area (TPSA) is 115 Å². The van der Waals surface area contributed by atoms with Crippen LogP contribution in [0.4, 0.5) is 10.6 Å². The molecule has 8 heteroatoms. The molecular formula is C23H25N5O3. The number of ether oxygens (including phenoxy) is 1. The first-order valence-electron chi connectivity index (χ1n) is 10.3. The van der Waals surface area contributed by atoms with Crippen LogP contribution in [0.3, 0.4) is 0 Å². The number of nitrogen functional groups attached to an aromatic ring is 1. The van der Waals surface area contributed by atoms with E-state index in [-0.39, 0.29) is 0 Å². The number of carbonyl (C=O) groups is 1. The SMILES string of the molecule is Nc1nc2ccccc2c2c1nc(CCCOc1ccccc1)n2CCCNC(=O)O. The Morgan fingerprint density at radius 2 is 1.84 bits per heavy atom. The van der Waals surface area contributed by atoms with Crippen molar-refractivity contribution in [2.24, 2.45) is 0 Å². The molecule has 0 bridgehead atoms. The lowest BCUT2D eigenvalue weighted by Crippen LogP contribution is -2.23. The second-order valence-corrected chi connectivity index (χ2v) is 7.24. The Balaban J connectivity index is 1.59. The monoisotopic (exact) mass is 419 g/mol. The van der Waals surface area contributed by atoms with Crippen LogP contribution in [0.25, 0.3) is 21.9 Å². The highest BCUT2D eigenvalue weighted by Gasteiger charge is 2.17. The fourth-order valence-corrected chi connectivity index (χ4v) is 3.71. The Hall–Kier alpha value is -3.81. The number of nitrogens with one attached hydrogen (secondary N) is 1. The van der Waals surface area contributed by atoms with E-state index in [0.717, 1.165) is 34.4 Å². The van der Waals surface area contributed by atoms with E-state index >= 15 is 0 Å². The molecule has 0 unspecified atom stereocenters. The molecule has 1 amide bonds. The minimum Gasteiger partial charge on any atom is -0.494 e. The molecule has 8 nitrogen and oxygen atoms in total. The third kappa shape index (κ3) is 4.69. The van der Waals surface area contributed by atoms with Gasteiger partial charge in [0.15, 0.2) is 5.82 Å². The average Bonchev–Trinajstić information content (AvgIpc) is 3.14. The molecule has 2 aromatic heterocycles. The molecule has 160 valence electrons. The molecule has 0 aliphatic rings. The summed E-state index contributed by atoms with van der Waals surface area (Å²) in [6, 6.07) is 17.6. The summed E-state index contributed by atoms with van der Waals surface area (Å²) in [5.41, 5.74) is 8.67. The zero-order chi connectivity index (χ0) is 21.6. The van der Waals surface area contributed by atoms with Crippen molar-refractivity contribution in [3.63, 3.8) is 0 Å². The molecule has 4 rings (SSSR count). The summed E-state index contributed by atoms with van der Waals surface area (Å²) in [6.07, 6.45) is 1.12. The lowest BCUT2D eigenvalue weighted by atomic mass is 10.2. The van der Waals surface area contributed by atoms with Gasteiger partial charge in [-0.2, -0.15) is 0 Å². The number of carboxylic acid groups (broad SMARTS) is 1. The van der Waals surface area contributed by atoms with Gasteiger partial charge in [0, 0.05) is 24.9 Å². The molecule has 0 saturated carbocycles. The summed E-state index contributed by atoms with van der Waals surface area (Å²) in [5.74, 6) is 2.14. The van der Waals surface area contributed by atoms with Gasteiger partial charge in [-0.1, -0.05) is 36.4 Å². The Bertz CT molecular complexity index is 1190. The number of imidazole rings is 1. The number of benzene rings is 2. The van der Waals surface area contributed by atoms with E-state index in [4.69, 9.17) is 20.6 Å². The van der Waals surface area contributed by atoms with Gasteiger partial charge in [0.25, 0.3) is 0 Å². The molecule has 2 heterocycles. The molecule has 0 aliphatic heterocycles. The number of para-hydroxylation sites is 2. The van der Waals surface area contributed by atoms with Gasteiger partial charge < -0.3 is 25.5 Å². The van der Waals surface area contributed by atoms with Gasteiger partial charge in [0.05, 0.1) is 17.6 Å². The van der Waals surface area contributed by atoms with Crippen molar-refractivity contribution < 1.29 is 14.6 Å². The van der Waals surface area contributed by atoms with Crippen molar-refractivity contribution in [1.29, 1.82) is 0 Å². The summed E-state index contributed by atoms with van der Waals surface area (Å²) < 4.78 is 7.95. The van der Waals surface area contributed by atoms with Crippen LogP contribution in [0.2, 0.25) is 0 Å². The smallest absolute Gasteiger partial charge is 0.404 e. The molecular weight excluding hydrogens is 394 g/mol. The highest BCUT2D eigenvalue weighted by Crippen LogP contribution is 2.29. The zero-order valence-corrected chi connectivity index (χ0v) is 17.1. The molecule has 0 fully saturated rings. The van der Waals surface area contributed by atoms with Crippen LogP contribution in [-0.2, 0) is 13.0 Å². The van der Waals surface area contributed by atoms with Crippen molar-refractivity contribution in [3.8, 4) is 5.75 Å². The lowest BCUT2D eigenvalue weighted by Gasteiger charge is -2.11. The first-order valence-corrected chi connectivity index (χ1v) is 10.3. The van der Waals surface area contributed by atoms with Crippen LogP contribution < -0.4 is 15.8 Å². The van der Waals surface area contributed by atoms with Crippen LogP contribution in [-0.4, -0.2) is 38.9 Å². The van der Waals surface area contributed by atoms with Gasteiger partial charge in [-0.05, 0) is 31.0 Å². The highest BCUT2D eigenvalue weighted by atomic mass is 16.5. The van der Waals surface area contributed by atoms with E-state index in [2.05, 4.69) is 14.9 Å². The second-order valence-electron chi connectivity index (χ2n) is 7.24. The summed E-state index contributed by atoms with van der Waals surface area (Å²) in [7, 11) is 0. The van der Waals surface area contributed by atoms with Crippen LogP contribution in [0.5, 0.6) is 5.75 Å². The van der Waals surface area contributed by atoms with Gasteiger partial charge >= 0.3 is 6.09 Å². The number of nitrogens with zero attached hydrogens (tertiary/aromatic N) is 3. The normalized spacial score (nSPS) is 11.1. The minimum absolute atomic E-state index is 0.365. The van der Waals surface area contributed by atoms with Crippen molar-refractivity contribution in [2.75, 3.05) is 18.9 Å². The number of amides is 1. The quantitative estimate of drug-likeness (QED) is 0.355. The van der Waals surface area contributed by atoms with Crippen molar-refractivity contribution in [1.82, 2.24) is 19.9 Å². The first kappa shape index (κ1) is 20.5. The predicted octanol–water partition coefficient (Wildman–Crippen LogP) is 3.84. The highest BCUT2D eigenvalue weighted by molar-refractivity contribution is 6.06.